The van der Waals surface area contributed by atoms with Gasteiger partial charge in [0.2, 0.25) is 5.91 Å². The summed E-state index contributed by atoms with van der Waals surface area (Å²) in [6.45, 7) is 0.661. The number of carbonyl (C=O) groups is 4. The van der Waals surface area contributed by atoms with Crippen molar-refractivity contribution in [2.45, 2.75) is 24.4 Å². The van der Waals surface area contributed by atoms with Gasteiger partial charge in [-0.2, -0.15) is 0 Å². The van der Waals surface area contributed by atoms with Crippen LogP contribution in [0.2, 0.25) is 10.0 Å². The summed E-state index contributed by atoms with van der Waals surface area (Å²) in [4.78, 5) is 53.4. The van der Waals surface area contributed by atoms with Crippen molar-refractivity contribution in [1.29, 1.82) is 0 Å². The molecule has 2 aromatic rings. The molecule has 2 heterocycles. The van der Waals surface area contributed by atoms with Crippen LogP contribution >= 0.6 is 23.2 Å². The van der Waals surface area contributed by atoms with Crippen LogP contribution in [0.25, 0.3) is 0 Å². The third-order valence-corrected chi connectivity index (χ3v) is 7.16. The molecule has 2 aliphatic heterocycles. The molecule has 2 aromatic carbocycles. The van der Waals surface area contributed by atoms with E-state index in [1.54, 1.807) is 6.07 Å². The van der Waals surface area contributed by atoms with E-state index in [1.807, 2.05) is 35.2 Å². The molecule has 2 saturated heterocycles. The lowest BCUT2D eigenvalue weighted by Crippen LogP contribution is -2.59. The smallest absolute Gasteiger partial charge is 0.328 e. The molecule has 0 unspecified atom stereocenters. The maximum Gasteiger partial charge on any atom is 0.328 e. The molecule has 1 spiro atoms. The summed E-state index contributed by atoms with van der Waals surface area (Å²) in [5.74, 6) is -2.16. The van der Waals surface area contributed by atoms with Crippen LogP contribution in [-0.2, 0) is 9.59 Å². The number of carboxylic acids is 1. The summed E-state index contributed by atoms with van der Waals surface area (Å²) >= 11 is 12.1. The van der Waals surface area contributed by atoms with Gasteiger partial charge in [0.25, 0.3) is 5.91 Å². The van der Waals surface area contributed by atoms with Gasteiger partial charge >= 0.3 is 12.0 Å². The van der Waals surface area contributed by atoms with E-state index in [4.69, 9.17) is 23.2 Å². The number of hydrogen-bond acceptors (Lipinski definition) is 5. The highest BCUT2D eigenvalue weighted by molar-refractivity contribution is 6.39. The van der Waals surface area contributed by atoms with Crippen molar-refractivity contribution in [1.82, 2.24) is 20.9 Å². The molecule has 0 saturated carbocycles. The molecule has 0 bridgehead atoms. The number of carboxylic acid groups (broad SMARTS) is 1. The van der Waals surface area contributed by atoms with E-state index in [9.17, 15) is 24.3 Å². The lowest BCUT2D eigenvalue weighted by Gasteiger charge is -2.43. The number of urea groups is 1. The Kier molecular flexibility index (Phi) is 7.56. The molecular weight excluding hydrogens is 509 g/mol. The molecule has 190 valence electrons. The van der Waals surface area contributed by atoms with Gasteiger partial charge in [0, 0.05) is 18.8 Å². The maximum absolute atomic E-state index is 12.8. The van der Waals surface area contributed by atoms with Crippen molar-refractivity contribution in [3.05, 3.63) is 64.1 Å². The number of piperidine rings is 1. The normalized spacial score (nSPS) is 17.4. The Bertz CT molecular complexity index is 1150. The number of hydrogen-bond donors (Lipinski definition) is 4. The number of anilines is 1. The standard InChI is InChI=1S/C24H25Cl2N5O5/c25-16-7-4-8-17(26)19(16)20(32)29-18(21(33)34)13-27-23(36)30-11-9-24(10-12-30)22(35)28-14-31(24)15-5-2-1-3-6-15/h1-8,18H,9-14H2,(H,27,36)(H,28,35)(H,29,32)(H,33,34)/t18-/m0/s1. The van der Waals surface area contributed by atoms with Gasteiger partial charge < -0.3 is 30.9 Å². The summed E-state index contributed by atoms with van der Waals surface area (Å²) in [6.07, 6.45) is 0.844. The number of nitrogens with one attached hydrogen (secondary N) is 3. The van der Waals surface area contributed by atoms with Crippen molar-refractivity contribution in [3.63, 3.8) is 0 Å². The number of likely N-dealkylation sites (tertiary alicyclic amines) is 1. The van der Waals surface area contributed by atoms with Crippen molar-refractivity contribution in [2.24, 2.45) is 0 Å². The van der Waals surface area contributed by atoms with E-state index in [2.05, 4.69) is 16.0 Å². The zero-order chi connectivity index (χ0) is 25.9. The van der Waals surface area contributed by atoms with Crippen molar-refractivity contribution in [3.8, 4) is 0 Å². The van der Waals surface area contributed by atoms with Crippen LogP contribution in [0, 0.1) is 0 Å². The first-order chi connectivity index (χ1) is 17.2. The first kappa shape index (κ1) is 25.6. The van der Waals surface area contributed by atoms with E-state index in [0.29, 0.717) is 32.6 Å². The van der Waals surface area contributed by atoms with Crippen LogP contribution in [0.3, 0.4) is 0 Å². The van der Waals surface area contributed by atoms with Gasteiger partial charge in [0.1, 0.15) is 11.6 Å². The van der Waals surface area contributed by atoms with Crippen LogP contribution in [0.1, 0.15) is 23.2 Å². The molecule has 4 rings (SSSR count). The van der Waals surface area contributed by atoms with Crippen LogP contribution in [0.5, 0.6) is 0 Å². The fraction of sp³-hybridized carbons (Fsp3) is 0.333. The van der Waals surface area contributed by atoms with Gasteiger partial charge in [-0.05, 0) is 37.1 Å². The van der Waals surface area contributed by atoms with E-state index < -0.39 is 29.5 Å². The Morgan fingerprint density at radius 1 is 1.03 bits per heavy atom. The number of para-hydroxylation sites is 1. The van der Waals surface area contributed by atoms with Gasteiger partial charge in [-0.25, -0.2) is 9.59 Å². The van der Waals surface area contributed by atoms with E-state index in [-0.39, 0.29) is 28.1 Å². The van der Waals surface area contributed by atoms with Crippen molar-refractivity contribution in [2.75, 3.05) is 31.2 Å². The number of aliphatic carboxylic acids is 1. The van der Waals surface area contributed by atoms with Crippen LogP contribution in [0.15, 0.2) is 48.5 Å². The second-order valence-electron chi connectivity index (χ2n) is 8.59. The molecule has 4 N–H and O–H groups in total. The molecule has 12 heteroatoms. The summed E-state index contributed by atoms with van der Waals surface area (Å²) in [5.41, 5.74) is 0.133. The van der Waals surface area contributed by atoms with Gasteiger partial charge in [-0.1, -0.05) is 47.5 Å². The van der Waals surface area contributed by atoms with Gasteiger partial charge in [0.05, 0.1) is 28.8 Å². The molecule has 0 radical (unpaired) electrons. The number of rotatable bonds is 6. The second kappa shape index (κ2) is 10.6. The van der Waals surface area contributed by atoms with E-state index >= 15 is 0 Å². The largest absolute Gasteiger partial charge is 0.480 e. The van der Waals surface area contributed by atoms with Crippen molar-refractivity contribution < 1.29 is 24.3 Å². The highest BCUT2D eigenvalue weighted by Crippen LogP contribution is 2.36. The molecular formula is C24H25Cl2N5O5. The van der Waals surface area contributed by atoms with Crippen LogP contribution < -0.4 is 20.9 Å². The highest BCUT2D eigenvalue weighted by Gasteiger charge is 2.50. The first-order valence-electron chi connectivity index (χ1n) is 11.3. The number of amides is 4. The Morgan fingerprint density at radius 3 is 2.28 bits per heavy atom. The summed E-state index contributed by atoms with van der Waals surface area (Å²) in [7, 11) is 0. The third kappa shape index (κ3) is 5.05. The lowest BCUT2D eigenvalue weighted by molar-refractivity contribution is -0.139. The SMILES string of the molecule is O=C(N[C@@H](CNC(=O)N1CCC2(CC1)C(=O)NCN2c1ccccc1)C(=O)O)c1c(Cl)cccc1Cl. The van der Waals surface area contributed by atoms with Crippen LogP contribution in [0.4, 0.5) is 10.5 Å². The summed E-state index contributed by atoms with van der Waals surface area (Å²) in [5, 5.41) is 17.5. The quantitative estimate of drug-likeness (QED) is 0.450. The van der Waals surface area contributed by atoms with Gasteiger partial charge in [-0.15, -0.1) is 0 Å². The zero-order valence-corrected chi connectivity index (χ0v) is 20.7. The predicted octanol–water partition coefficient (Wildman–Crippen LogP) is 2.31. The summed E-state index contributed by atoms with van der Waals surface area (Å²) in [6, 6.07) is 12.2. The third-order valence-electron chi connectivity index (χ3n) is 6.53. The van der Waals surface area contributed by atoms with E-state index in [1.165, 1.54) is 17.0 Å². The number of nitrogens with zero attached hydrogens (tertiary/aromatic N) is 2. The Labute approximate surface area is 217 Å². The fourth-order valence-corrected chi connectivity index (χ4v) is 5.13. The highest BCUT2D eigenvalue weighted by atomic mass is 35.5. The summed E-state index contributed by atoms with van der Waals surface area (Å²) < 4.78 is 0. The average Bonchev–Trinajstić information content (AvgIpc) is 3.17. The average molecular weight is 534 g/mol. The molecule has 0 aliphatic carbocycles. The minimum Gasteiger partial charge on any atom is -0.480 e. The minimum atomic E-state index is -1.40. The number of carbonyl (C=O) groups excluding carboxylic acids is 3. The molecule has 1 atom stereocenters. The molecule has 10 nitrogen and oxygen atoms in total. The zero-order valence-electron chi connectivity index (χ0n) is 19.2. The number of benzene rings is 2. The molecule has 0 aromatic heterocycles. The molecule has 2 fully saturated rings. The Balaban J connectivity index is 1.35. The predicted molar refractivity (Wildman–Crippen MR) is 134 cm³/mol. The maximum atomic E-state index is 12.8. The molecule has 4 amide bonds. The van der Waals surface area contributed by atoms with Gasteiger partial charge in [0.15, 0.2) is 0 Å². The van der Waals surface area contributed by atoms with Crippen LogP contribution in [-0.4, -0.2) is 71.7 Å². The molecule has 36 heavy (non-hydrogen) atoms. The second-order valence-corrected chi connectivity index (χ2v) is 9.41. The fourth-order valence-electron chi connectivity index (χ4n) is 4.56. The monoisotopic (exact) mass is 533 g/mol. The number of halogens is 2. The first-order valence-corrected chi connectivity index (χ1v) is 12.1. The Morgan fingerprint density at radius 2 is 1.67 bits per heavy atom. The van der Waals surface area contributed by atoms with Crippen molar-refractivity contribution >= 4 is 52.7 Å². The lowest BCUT2D eigenvalue weighted by atomic mass is 9.85. The topological polar surface area (TPSA) is 131 Å². The minimum absolute atomic E-state index is 0.0439. The van der Waals surface area contributed by atoms with E-state index in [0.717, 1.165) is 5.69 Å². The van der Waals surface area contributed by atoms with Gasteiger partial charge in [-0.3, -0.25) is 9.59 Å². The Hall–Kier alpha value is -3.50. The molecule has 2 aliphatic rings.